The van der Waals surface area contributed by atoms with Crippen molar-refractivity contribution in [2.75, 3.05) is 20.1 Å². The van der Waals surface area contributed by atoms with E-state index < -0.39 is 0 Å². The molecule has 0 aromatic carbocycles. The molecule has 1 fully saturated rings. The highest BCUT2D eigenvalue weighted by molar-refractivity contribution is 4.75. The zero-order chi connectivity index (χ0) is 12.0. The van der Waals surface area contributed by atoms with Crippen molar-refractivity contribution in [1.82, 2.24) is 10.2 Å². The molecule has 1 saturated carbocycles. The van der Waals surface area contributed by atoms with Gasteiger partial charge >= 0.3 is 0 Å². The Kier molecular flexibility index (Phi) is 6.37. The molecule has 16 heavy (non-hydrogen) atoms. The fourth-order valence-corrected chi connectivity index (χ4v) is 2.45. The second kappa shape index (κ2) is 7.29. The number of nitrogens with one attached hydrogen (secondary N) is 1. The van der Waals surface area contributed by atoms with Crippen molar-refractivity contribution in [2.24, 2.45) is 5.92 Å². The molecule has 0 aromatic heterocycles. The van der Waals surface area contributed by atoms with Crippen LogP contribution in [0.4, 0.5) is 0 Å². The molecule has 96 valence electrons. The number of rotatable bonds is 7. The molecule has 0 spiro atoms. The molecule has 0 radical (unpaired) electrons. The fraction of sp³-hybridized carbons (Fsp3) is 1.00. The lowest BCUT2D eigenvalue weighted by Gasteiger charge is -2.28. The molecule has 1 aliphatic carbocycles. The Morgan fingerprint density at radius 1 is 1.25 bits per heavy atom. The molecular weight excluding hydrogens is 196 g/mol. The Labute approximate surface area is 102 Å². The van der Waals surface area contributed by atoms with Gasteiger partial charge in [0.2, 0.25) is 0 Å². The van der Waals surface area contributed by atoms with Crippen LogP contribution < -0.4 is 5.32 Å². The zero-order valence-electron chi connectivity index (χ0n) is 11.6. The van der Waals surface area contributed by atoms with Crippen LogP contribution in [0.5, 0.6) is 0 Å². The van der Waals surface area contributed by atoms with Gasteiger partial charge in [-0.15, -0.1) is 0 Å². The van der Waals surface area contributed by atoms with Gasteiger partial charge in [-0.25, -0.2) is 0 Å². The third-order valence-corrected chi connectivity index (χ3v) is 4.15. The quantitative estimate of drug-likeness (QED) is 0.718. The topological polar surface area (TPSA) is 15.3 Å². The average Bonchev–Trinajstić information content (AvgIpc) is 2.77. The van der Waals surface area contributed by atoms with Crippen LogP contribution in [0.2, 0.25) is 0 Å². The summed E-state index contributed by atoms with van der Waals surface area (Å²) in [6.07, 6.45) is 7.04. The summed E-state index contributed by atoms with van der Waals surface area (Å²) >= 11 is 0. The van der Waals surface area contributed by atoms with Gasteiger partial charge in [0.1, 0.15) is 0 Å². The summed E-state index contributed by atoms with van der Waals surface area (Å²) in [6, 6.07) is 1.32. The maximum Gasteiger partial charge on any atom is 0.0189 e. The van der Waals surface area contributed by atoms with E-state index in [4.69, 9.17) is 0 Å². The summed E-state index contributed by atoms with van der Waals surface area (Å²) in [4.78, 5) is 2.53. The third-order valence-electron chi connectivity index (χ3n) is 4.15. The second-order valence-electron chi connectivity index (χ2n) is 5.66. The van der Waals surface area contributed by atoms with Gasteiger partial charge in [-0.05, 0) is 46.1 Å². The van der Waals surface area contributed by atoms with Crippen molar-refractivity contribution >= 4 is 0 Å². The molecule has 0 bridgehead atoms. The summed E-state index contributed by atoms with van der Waals surface area (Å²) in [7, 11) is 2.28. The van der Waals surface area contributed by atoms with Crippen LogP contribution in [0.1, 0.15) is 52.9 Å². The largest absolute Gasteiger partial charge is 0.313 e. The highest BCUT2D eigenvalue weighted by atomic mass is 15.1. The first-order chi connectivity index (χ1) is 7.63. The average molecular weight is 226 g/mol. The van der Waals surface area contributed by atoms with Gasteiger partial charge in [-0.2, -0.15) is 0 Å². The summed E-state index contributed by atoms with van der Waals surface area (Å²) in [5, 5.41) is 3.60. The van der Waals surface area contributed by atoms with E-state index in [0.717, 1.165) is 12.5 Å². The first-order valence-corrected chi connectivity index (χ1v) is 7.07. The molecule has 1 rings (SSSR count). The van der Waals surface area contributed by atoms with E-state index in [9.17, 15) is 0 Å². The van der Waals surface area contributed by atoms with Gasteiger partial charge in [0.05, 0.1) is 0 Å². The molecule has 0 aliphatic heterocycles. The Morgan fingerprint density at radius 2 is 1.88 bits per heavy atom. The Hall–Kier alpha value is -0.0800. The van der Waals surface area contributed by atoms with Crippen molar-refractivity contribution < 1.29 is 0 Å². The van der Waals surface area contributed by atoms with Crippen molar-refractivity contribution in [1.29, 1.82) is 0 Å². The van der Waals surface area contributed by atoms with Crippen molar-refractivity contribution in [2.45, 2.75) is 65.0 Å². The van der Waals surface area contributed by atoms with E-state index in [-0.39, 0.29) is 0 Å². The monoisotopic (exact) mass is 226 g/mol. The highest BCUT2D eigenvalue weighted by Crippen LogP contribution is 2.25. The first kappa shape index (κ1) is 14.0. The lowest BCUT2D eigenvalue weighted by molar-refractivity contribution is 0.211. The fourth-order valence-electron chi connectivity index (χ4n) is 2.45. The minimum atomic E-state index is 0.655. The van der Waals surface area contributed by atoms with Gasteiger partial charge in [-0.1, -0.05) is 19.8 Å². The predicted molar refractivity (Wildman–Crippen MR) is 71.8 cm³/mol. The van der Waals surface area contributed by atoms with Crippen LogP contribution in [0.25, 0.3) is 0 Å². The first-order valence-electron chi connectivity index (χ1n) is 7.07. The van der Waals surface area contributed by atoms with Gasteiger partial charge in [0.15, 0.2) is 0 Å². The Morgan fingerprint density at radius 3 is 2.44 bits per heavy atom. The minimum Gasteiger partial charge on any atom is -0.313 e. The van der Waals surface area contributed by atoms with Crippen LogP contribution >= 0.6 is 0 Å². The van der Waals surface area contributed by atoms with Crippen LogP contribution in [-0.4, -0.2) is 37.1 Å². The van der Waals surface area contributed by atoms with Gasteiger partial charge in [0.25, 0.3) is 0 Å². The summed E-state index contributed by atoms with van der Waals surface area (Å²) in [5.41, 5.74) is 0. The molecule has 0 amide bonds. The Bertz CT molecular complexity index is 176. The van der Waals surface area contributed by atoms with E-state index in [2.05, 4.69) is 38.0 Å². The molecular formula is C14H30N2. The lowest BCUT2D eigenvalue weighted by atomic mass is 10.1. The van der Waals surface area contributed by atoms with Gasteiger partial charge in [-0.3, -0.25) is 0 Å². The second-order valence-corrected chi connectivity index (χ2v) is 5.66. The van der Waals surface area contributed by atoms with Crippen LogP contribution in [0, 0.1) is 5.92 Å². The van der Waals surface area contributed by atoms with E-state index in [1.807, 2.05) is 0 Å². The number of hydrogen-bond donors (Lipinski definition) is 1. The van der Waals surface area contributed by atoms with Crippen LogP contribution in [0.3, 0.4) is 0 Å². The summed E-state index contributed by atoms with van der Waals surface area (Å²) in [5.74, 6) is 0.969. The normalized spacial score (nSPS) is 21.6. The molecule has 2 nitrogen and oxygen atoms in total. The van der Waals surface area contributed by atoms with Crippen molar-refractivity contribution in [3.8, 4) is 0 Å². The Balaban J connectivity index is 2.16. The van der Waals surface area contributed by atoms with Gasteiger partial charge < -0.3 is 10.2 Å². The smallest absolute Gasteiger partial charge is 0.0189 e. The van der Waals surface area contributed by atoms with Crippen molar-refractivity contribution in [3.63, 3.8) is 0 Å². The van der Waals surface area contributed by atoms with E-state index in [0.29, 0.717) is 12.1 Å². The number of likely N-dealkylation sites (N-methyl/N-ethyl adjacent to an activating group) is 1. The molecule has 0 saturated heterocycles. The molecule has 2 heteroatoms. The maximum atomic E-state index is 3.60. The molecule has 1 N–H and O–H groups in total. The van der Waals surface area contributed by atoms with Crippen LogP contribution in [0.15, 0.2) is 0 Å². The molecule has 0 aromatic rings. The highest BCUT2D eigenvalue weighted by Gasteiger charge is 2.19. The molecule has 0 heterocycles. The van der Waals surface area contributed by atoms with Crippen molar-refractivity contribution in [3.05, 3.63) is 0 Å². The minimum absolute atomic E-state index is 0.655. The number of hydrogen-bond acceptors (Lipinski definition) is 2. The molecule has 2 unspecified atom stereocenters. The lowest BCUT2D eigenvalue weighted by Crippen LogP contribution is -2.42. The molecule has 1 aliphatic rings. The van der Waals surface area contributed by atoms with Gasteiger partial charge in [0, 0.05) is 25.2 Å². The SMILES string of the molecule is CCC(C)NCC(C)N(C)CC1CCCC1. The maximum absolute atomic E-state index is 3.60. The van der Waals surface area contributed by atoms with E-state index >= 15 is 0 Å². The standard InChI is InChI=1S/C14H30N2/c1-5-12(2)15-10-13(3)16(4)11-14-8-6-7-9-14/h12-15H,5-11H2,1-4H3. The number of nitrogens with zero attached hydrogens (tertiary/aromatic N) is 1. The van der Waals surface area contributed by atoms with Crippen LogP contribution in [-0.2, 0) is 0 Å². The van der Waals surface area contributed by atoms with E-state index in [1.54, 1.807) is 0 Å². The summed E-state index contributed by atoms with van der Waals surface area (Å²) in [6.45, 7) is 9.26. The predicted octanol–water partition coefficient (Wildman–Crippen LogP) is 2.89. The molecule has 2 atom stereocenters. The van der Waals surface area contributed by atoms with E-state index in [1.165, 1.54) is 38.6 Å². The summed E-state index contributed by atoms with van der Waals surface area (Å²) < 4.78 is 0. The third kappa shape index (κ3) is 4.84. The zero-order valence-corrected chi connectivity index (χ0v) is 11.6.